The van der Waals surface area contributed by atoms with E-state index >= 15 is 0 Å². The van der Waals surface area contributed by atoms with Crippen molar-refractivity contribution < 1.29 is 4.79 Å². The third-order valence-electron chi connectivity index (χ3n) is 5.54. The molecule has 1 aromatic carbocycles. The second kappa shape index (κ2) is 7.86. The van der Waals surface area contributed by atoms with Crippen LogP contribution in [0.4, 0.5) is 5.69 Å². The maximum atomic E-state index is 13.0. The van der Waals surface area contributed by atoms with Gasteiger partial charge in [-0.05, 0) is 45.0 Å². The van der Waals surface area contributed by atoms with Crippen molar-refractivity contribution in [3.05, 3.63) is 40.7 Å². The molecular formula is C19H25ClN6O. The molecule has 1 amide bonds. The van der Waals surface area contributed by atoms with E-state index in [4.69, 9.17) is 11.6 Å². The van der Waals surface area contributed by atoms with Crippen molar-refractivity contribution in [2.45, 2.75) is 25.8 Å². The van der Waals surface area contributed by atoms with Gasteiger partial charge in [0.05, 0.1) is 22.4 Å². The molecule has 4 rings (SSSR count). The average Bonchev–Trinajstić information content (AvgIpc) is 3.10. The third-order valence-corrected chi connectivity index (χ3v) is 5.86. The van der Waals surface area contributed by atoms with Gasteiger partial charge < -0.3 is 15.1 Å². The van der Waals surface area contributed by atoms with E-state index in [1.54, 1.807) is 0 Å². The van der Waals surface area contributed by atoms with Crippen LogP contribution in [0, 0.1) is 6.92 Å². The molecule has 2 aliphatic heterocycles. The first kappa shape index (κ1) is 18.3. The predicted octanol–water partition coefficient (Wildman–Crippen LogP) is 2.13. The lowest BCUT2D eigenvalue weighted by Crippen LogP contribution is -2.49. The quantitative estimate of drug-likeness (QED) is 0.872. The number of rotatable bonds is 3. The summed E-state index contributed by atoms with van der Waals surface area (Å²) < 4.78 is 1.94. The van der Waals surface area contributed by atoms with Gasteiger partial charge in [-0.3, -0.25) is 4.79 Å². The van der Waals surface area contributed by atoms with Crippen LogP contribution in [0.5, 0.6) is 0 Å². The summed E-state index contributed by atoms with van der Waals surface area (Å²) in [5, 5.41) is 12.6. The Labute approximate surface area is 164 Å². The lowest BCUT2D eigenvalue weighted by molar-refractivity contribution is 0.0740. The summed E-state index contributed by atoms with van der Waals surface area (Å²) in [6.45, 7) is 6.76. The van der Waals surface area contributed by atoms with Crippen molar-refractivity contribution in [3.63, 3.8) is 0 Å². The van der Waals surface area contributed by atoms with Crippen molar-refractivity contribution in [1.82, 2.24) is 25.2 Å². The number of benzene rings is 1. The summed E-state index contributed by atoms with van der Waals surface area (Å²) in [5.41, 5.74) is 2.39. The van der Waals surface area contributed by atoms with Crippen molar-refractivity contribution in [1.29, 1.82) is 0 Å². The van der Waals surface area contributed by atoms with Crippen LogP contribution in [0.3, 0.4) is 0 Å². The Hall–Kier alpha value is -2.12. The zero-order valence-electron chi connectivity index (χ0n) is 15.6. The first-order valence-electron chi connectivity index (χ1n) is 9.56. The van der Waals surface area contributed by atoms with E-state index < -0.39 is 0 Å². The lowest BCUT2D eigenvalue weighted by Gasteiger charge is -2.36. The molecule has 1 aromatic heterocycles. The fourth-order valence-electron chi connectivity index (χ4n) is 3.94. The number of amides is 1. The van der Waals surface area contributed by atoms with Crippen LogP contribution < -0.4 is 10.2 Å². The summed E-state index contributed by atoms with van der Waals surface area (Å²) >= 11 is 6.30. The fourth-order valence-corrected chi connectivity index (χ4v) is 4.20. The van der Waals surface area contributed by atoms with E-state index in [0.29, 0.717) is 24.8 Å². The second-order valence-corrected chi connectivity index (χ2v) is 7.59. The minimum atomic E-state index is -0.0218. The summed E-state index contributed by atoms with van der Waals surface area (Å²) in [7, 11) is 0. The van der Waals surface area contributed by atoms with E-state index in [0.717, 1.165) is 55.4 Å². The largest absolute Gasteiger partial charge is 0.367 e. The molecule has 2 aliphatic rings. The zero-order valence-corrected chi connectivity index (χ0v) is 16.3. The molecule has 0 bridgehead atoms. The highest BCUT2D eigenvalue weighted by Gasteiger charge is 2.28. The van der Waals surface area contributed by atoms with E-state index in [1.165, 1.54) is 0 Å². The maximum absolute atomic E-state index is 13.0. The normalized spacial score (nSPS) is 18.7. The number of carbonyl (C=O) groups is 1. The van der Waals surface area contributed by atoms with Gasteiger partial charge >= 0.3 is 0 Å². The van der Waals surface area contributed by atoms with Crippen LogP contribution >= 0.6 is 11.6 Å². The molecule has 0 spiro atoms. The van der Waals surface area contributed by atoms with E-state index in [-0.39, 0.29) is 5.91 Å². The number of piperidine rings is 1. The molecule has 27 heavy (non-hydrogen) atoms. The van der Waals surface area contributed by atoms with Gasteiger partial charge in [-0.15, -0.1) is 5.10 Å². The Morgan fingerprint density at radius 3 is 2.56 bits per heavy atom. The van der Waals surface area contributed by atoms with Crippen molar-refractivity contribution in [2.24, 2.45) is 0 Å². The van der Waals surface area contributed by atoms with Gasteiger partial charge in [-0.25, -0.2) is 4.68 Å². The van der Waals surface area contributed by atoms with E-state index in [9.17, 15) is 4.79 Å². The van der Waals surface area contributed by atoms with Crippen LogP contribution in [0.2, 0.25) is 5.02 Å². The number of piperazine rings is 1. The predicted molar refractivity (Wildman–Crippen MR) is 105 cm³/mol. The van der Waals surface area contributed by atoms with Gasteiger partial charge in [0.2, 0.25) is 0 Å². The minimum Gasteiger partial charge on any atom is -0.367 e. The maximum Gasteiger partial charge on any atom is 0.276 e. The van der Waals surface area contributed by atoms with Crippen LogP contribution in [-0.2, 0) is 0 Å². The monoisotopic (exact) mass is 388 g/mol. The summed E-state index contributed by atoms with van der Waals surface area (Å²) in [6.07, 6.45) is 2.04. The highest BCUT2D eigenvalue weighted by Crippen LogP contribution is 2.26. The number of carbonyl (C=O) groups excluding carboxylic acids is 1. The number of halogens is 1. The smallest absolute Gasteiger partial charge is 0.276 e. The Balaban J connectivity index is 1.42. The van der Waals surface area contributed by atoms with Crippen molar-refractivity contribution in [3.8, 4) is 0 Å². The second-order valence-electron chi connectivity index (χ2n) is 7.18. The van der Waals surface area contributed by atoms with Gasteiger partial charge in [-0.1, -0.05) is 28.9 Å². The molecule has 2 aromatic rings. The van der Waals surface area contributed by atoms with Gasteiger partial charge in [0.1, 0.15) is 0 Å². The topological polar surface area (TPSA) is 66.3 Å². The molecule has 0 radical (unpaired) electrons. The third kappa shape index (κ3) is 3.66. The molecule has 0 saturated carbocycles. The molecular weight excluding hydrogens is 364 g/mol. The van der Waals surface area contributed by atoms with Gasteiger partial charge in [0.15, 0.2) is 5.69 Å². The average molecular weight is 389 g/mol. The number of aromatic nitrogens is 3. The first-order chi connectivity index (χ1) is 13.1. The molecule has 0 unspecified atom stereocenters. The summed E-state index contributed by atoms with van der Waals surface area (Å²) in [5.74, 6) is -0.0218. The highest BCUT2D eigenvalue weighted by atomic mass is 35.5. The number of hydrogen-bond donors (Lipinski definition) is 1. The number of nitrogens with zero attached hydrogens (tertiary/aromatic N) is 5. The van der Waals surface area contributed by atoms with Gasteiger partial charge in [0.25, 0.3) is 5.91 Å². The highest BCUT2D eigenvalue weighted by molar-refractivity contribution is 6.33. The van der Waals surface area contributed by atoms with E-state index in [2.05, 4.69) is 20.5 Å². The number of anilines is 1. The van der Waals surface area contributed by atoms with Crippen LogP contribution in [0.25, 0.3) is 0 Å². The van der Waals surface area contributed by atoms with Gasteiger partial charge in [0, 0.05) is 26.2 Å². The molecule has 0 atom stereocenters. The molecule has 1 N–H and O–H groups in total. The molecule has 2 saturated heterocycles. The molecule has 144 valence electrons. The summed E-state index contributed by atoms with van der Waals surface area (Å²) in [4.78, 5) is 17.1. The molecule has 2 fully saturated rings. The minimum absolute atomic E-state index is 0.0218. The van der Waals surface area contributed by atoms with Crippen molar-refractivity contribution in [2.75, 3.05) is 44.2 Å². The molecule has 7 nitrogen and oxygen atoms in total. The standard InChI is InChI=1S/C19H25ClN6O/c1-14-18(22-23-26(14)15-6-8-21-9-7-15)19(27)25-12-10-24(11-13-25)17-5-3-2-4-16(17)20/h2-5,15,21H,6-13H2,1H3. The molecule has 8 heteroatoms. The lowest BCUT2D eigenvalue weighted by atomic mass is 10.1. The Morgan fingerprint density at radius 2 is 1.85 bits per heavy atom. The Kier molecular flexibility index (Phi) is 5.31. The van der Waals surface area contributed by atoms with Crippen LogP contribution in [-0.4, -0.2) is 65.1 Å². The Bertz CT molecular complexity index is 808. The zero-order chi connectivity index (χ0) is 18.8. The van der Waals surface area contributed by atoms with E-state index in [1.807, 2.05) is 40.8 Å². The number of hydrogen-bond acceptors (Lipinski definition) is 5. The number of para-hydroxylation sites is 1. The Morgan fingerprint density at radius 1 is 1.15 bits per heavy atom. The molecule has 0 aliphatic carbocycles. The van der Waals surface area contributed by atoms with Crippen LogP contribution in [0.15, 0.2) is 24.3 Å². The fraction of sp³-hybridized carbons (Fsp3) is 0.526. The summed E-state index contributed by atoms with van der Waals surface area (Å²) in [6, 6.07) is 8.17. The van der Waals surface area contributed by atoms with Crippen LogP contribution in [0.1, 0.15) is 35.1 Å². The van der Waals surface area contributed by atoms with Crippen molar-refractivity contribution >= 4 is 23.2 Å². The molecule has 3 heterocycles. The first-order valence-corrected chi connectivity index (χ1v) is 9.94. The number of nitrogens with one attached hydrogen (secondary N) is 1. The SMILES string of the molecule is Cc1c(C(=O)N2CCN(c3ccccc3Cl)CC2)nnn1C1CCNCC1. The van der Waals surface area contributed by atoms with Gasteiger partial charge in [-0.2, -0.15) is 0 Å².